The number of hydrogen-bond donors (Lipinski definition) is 0. The lowest BCUT2D eigenvalue weighted by Gasteiger charge is -2.06. The predicted molar refractivity (Wildman–Crippen MR) is 58.0 cm³/mol. The van der Waals surface area contributed by atoms with E-state index in [1.165, 1.54) is 5.56 Å². The van der Waals surface area contributed by atoms with E-state index < -0.39 is 0 Å². The van der Waals surface area contributed by atoms with Crippen molar-refractivity contribution in [3.8, 4) is 0 Å². The third-order valence-corrected chi connectivity index (χ3v) is 3.11. The molecule has 0 saturated carbocycles. The lowest BCUT2D eigenvalue weighted by atomic mass is 10.1. The second-order valence-electron chi connectivity index (χ2n) is 2.64. The fourth-order valence-electron chi connectivity index (χ4n) is 1.03. The van der Waals surface area contributed by atoms with Crippen molar-refractivity contribution >= 4 is 39.1 Å². The van der Waals surface area contributed by atoms with Crippen LogP contribution in [-0.4, -0.2) is 0 Å². The summed E-state index contributed by atoms with van der Waals surface area (Å²) < 4.78 is 1.04. The van der Waals surface area contributed by atoms with Crippen LogP contribution in [0.2, 0.25) is 0 Å². The number of rotatable bonds is 2. The molecule has 0 fully saturated rings. The number of alkyl halides is 2. The summed E-state index contributed by atoms with van der Waals surface area (Å²) in [4.78, 5) is 0. The molecule has 0 aliphatic carbocycles. The van der Waals surface area contributed by atoms with Gasteiger partial charge in [0, 0.05) is 16.2 Å². The summed E-state index contributed by atoms with van der Waals surface area (Å²) in [7, 11) is 0. The van der Waals surface area contributed by atoms with Gasteiger partial charge in [-0.15, -0.1) is 23.2 Å². The standard InChI is InChI=1S/C9H9BrCl2/c1-6-2-8(5-12)9(10)3-7(6)4-11/h2-3H,4-5H2,1H3. The summed E-state index contributed by atoms with van der Waals surface area (Å²) in [5.74, 6) is 1.08. The van der Waals surface area contributed by atoms with E-state index in [1.807, 2.05) is 13.0 Å². The van der Waals surface area contributed by atoms with Gasteiger partial charge in [-0.2, -0.15) is 0 Å². The molecule has 0 N–H and O–H groups in total. The predicted octanol–water partition coefficient (Wildman–Crippen LogP) is 4.24. The van der Waals surface area contributed by atoms with E-state index in [4.69, 9.17) is 23.2 Å². The van der Waals surface area contributed by atoms with Gasteiger partial charge in [0.05, 0.1) is 0 Å². The summed E-state index contributed by atoms with van der Waals surface area (Å²) in [5, 5.41) is 0. The van der Waals surface area contributed by atoms with Crippen LogP contribution in [0.3, 0.4) is 0 Å². The molecule has 0 saturated heterocycles. The van der Waals surface area contributed by atoms with E-state index in [1.54, 1.807) is 0 Å². The normalized spacial score (nSPS) is 10.3. The van der Waals surface area contributed by atoms with Gasteiger partial charge < -0.3 is 0 Å². The highest BCUT2D eigenvalue weighted by Gasteiger charge is 2.03. The molecular formula is C9H9BrCl2. The van der Waals surface area contributed by atoms with E-state index in [2.05, 4.69) is 22.0 Å². The fraction of sp³-hybridized carbons (Fsp3) is 0.333. The first-order valence-corrected chi connectivity index (χ1v) is 5.45. The van der Waals surface area contributed by atoms with Crippen LogP contribution in [0, 0.1) is 6.92 Å². The van der Waals surface area contributed by atoms with Crippen molar-refractivity contribution in [2.75, 3.05) is 0 Å². The molecule has 0 bridgehead atoms. The summed E-state index contributed by atoms with van der Waals surface area (Å²) in [6, 6.07) is 4.09. The highest BCUT2D eigenvalue weighted by Crippen LogP contribution is 2.24. The van der Waals surface area contributed by atoms with Gasteiger partial charge in [0.2, 0.25) is 0 Å². The first-order chi connectivity index (χ1) is 5.69. The van der Waals surface area contributed by atoms with Gasteiger partial charge in [0.25, 0.3) is 0 Å². The van der Waals surface area contributed by atoms with Crippen LogP contribution < -0.4 is 0 Å². The minimum atomic E-state index is 0.532. The van der Waals surface area contributed by atoms with E-state index >= 15 is 0 Å². The van der Waals surface area contributed by atoms with E-state index in [0.717, 1.165) is 15.6 Å². The molecule has 1 rings (SSSR count). The topological polar surface area (TPSA) is 0 Å². The molecule has 1 aromatic carbocycles. The van der Waals surface area contributed by atoms with Crippen molar-refractivity contribution in [3.05, 3.63) is 33.3 Å². The Labute approximate surface area is 91.0 Å². The Hall–Kier alpha value is 0.280. The van der Waals surface area contributed by atoms with Crippen molar-refractivity contribution in [1.29, 1.82) is 0 Å². The molecule has 0 heterocycles. The van der Waals surface area contributed by atoms with Crippen molar-refractivity contribution < 1.29 is 0 Å². The SMILES string of the molecule is Cc1cc(CCl)c(Br)cc1CCl. The minimum Gasteiger partial charge on any atom is -0.122 e. The lowest BCUT2D eigenvalue weighted by Crippen LogP contribution is -1.89. The van der Waals surface area contributed by atoms with Gasteiger partial charge in [0.15, 0.2) is 0 Å². The second-order valence-corrected chi connectivity index (χ2v) is 4.03. The van der Waals surface area contributed by atoms with Crippen molar-refractivity contribution in [1.82, 2.24) is 0 Å². The van der Waals surface area contributed by atoms with Crippen LogP contribution >= 0.6 is 39.1 Å². The van der Waals surface area contributed by atoms with Gasteiger partial charge in [-0.25, -0.2) is 0 Å². The van der Waals surface area contributed by atoms with Crippen molar-refractivity contribution in [2.45, 2.75) is 18.7 Å². The molecule has 0 nitrogen and oxygen atoms in total. The van der Waals surface area contributed by atoms with Gasteiger partial charge in [-0.1, -0.05) is 22.0 Å². The zero-order valence-electron chi connectivity index (χ0n) is 6.70. The highest BCUT2D eigenvalue weighted by atomic mass is 79.9. The maximum atomic E-state index is 5.75. The van der Waals surface area contributed by atoms with Gasteiger partial charge in [-0.05, 0) is 29.7 Å². The summed E-state index contributed by atoms with van der Waals surface area (Å²) >= 11 is 14.9. The molecule has 0 aliphatic rings. The number of halogens is 3. The Kier molecular flexibility index (Phi) is 3.88. The molecule has 0 aliphatic heterocycles. The third kappa shape index (κ3) is 2.15. The molecule has 0 unspecified atom stereocenters. The van der Waals surface area contributed by atoms with Crippen LogP contribution in [0.25, 0.3) is 0 Å². The fourth-order valence-corrected chi connectivity index (χ4v) is 2.23. The van der Waals surface area contributed by atoms with E-state index in [9.17, 15) is 0 Å². The summed E-state index contributed by atoms with van der Waals surface area (Å²) in [6.07, 6.45) is 0. The molecule has 0 spiro atoms. The van der Waals surface area contributed by atoms with Gasteiger partial charge >= 0.3 is 0 Å². The zero-order valence-corrected chi connectivity index (χ0v) is 9.80. The quantitative estimate of drug-likeness (QED) is 0.704. The average molecular weight is 268 g/mol. The number of benzene rings is 1. The maximum Gasteiger partial charge on any atom is 0.0485 e. The van der Waals surface area contributed by atoms with Gasteiger partial charge in [-0.3, -0.25) is 0 Å². The Morgan fingerprint density at radius 1 is 1.17 bits per heavy atom. The van der Waals surface area contributed by atoms with Crippen molar-refractivity contribution in [2.24, 2.45) is 0 Å². The molecule has 3 heteroatoms. The lowest BCUT2D eigenvalue weighted by molar-refractivity contribution is 1.24. The Morgan fingerprint density at radius 2 is 1.75 bits per heavy atom. The largest absolute Gasteiger partial charge is 0.122 e. The van der Waals surface area contributed by atoms with Gasteiger partial charge in [0.1, 0.15) is 0 Å². The molecule has 0 aromatic heterocycles. The smallest absolute Gasteiger partial charge is 0.0485 e. The van der Waals surface area contributed by atoms with Crippen LogP contribution in [-0.2, 0) is 11.8 Å². The first-order valence-electron chi connectivity index (χ1n) is 3.59. The zero-order chi connectivity index (χ0) is 9.14. The Morgan fingerprint density at radius 3 is 2.25 bits per heavy atom. The summed E-state index contributed by atoms with van der Waals surface area (Å²) in [6.45, 7) is 2.04. The highest BCUT2D eigenvalue weighted by molar-refractivity contribution is 9.10. The monoisotopic (exact) mass is 266 g/mol. The third-order valence-electron chi connectivity index (χ3n) is 1.79. The van der Waals surface area contributed by atoms with Crippen LogP contribution in [0.1, 0.15) is 16.7 Å². The maximum absolute atomic E-state index is 5.75. The van der Waals surface area contributed by atoms with Crippen LogP contribution in [0.15, 0.2) is 16.6 Å². The van der Waals surface area contributed by atoms with E-state index in [0.29, 0.717) is 11.8 Å². The van der Waals surface area contributed by atoms with Crippen LogP contribution in [0.4, 0.5) is 0 Å². The van der Waals surface area contributed by atoms with Crippen LogP contribution in [0.5, 0.6) is 0 Å². The Bertz CT molecular complexity index is 254. The van der Waals surface area contributed by atoms with Crippen molar-refractivity contribution in [3.63, 3.8) is 0 Å². The summed E-state index contributed by atoms with van der Waals surface area (Å²) in [5.41, 5.74) is 3.46. The van der Waals surface area contributed by atoms with E-state index in [-0.39, 0.29) is 0 Å². The first kappa shape index (κ1) is 10.4. The molecule has 0 atom stereocenters. The molecular weight excluding hydrogens is 259 g/mol. The molecule has 1 aromatic rings. The average Bonchev–Trinajstić information content (AvgIpc) is 2.08. The Balaban J connectivity index is 3.16. The number of aryl methyl sites for hydroxylation is 1. The minimum absolute atomic E-state index is 0.532. The molecule has 0 amide bonds. The molecule has 0 radical (unpaired) electrons. The second kappa shape index (κ2) is 4.50. The number of hydrogen-bond acceptors (Lipinski definition) is 0. The molecule has 66 valence electrons. The molecule has 12 heavy (non-hydrogen) atoms.